The van der Waals surface area contributed by atoms with E-state index in [4.69, 9.17) is 14.0 Å². The maximum absolute atomic E-state index is 12.7. The number of anilines is 1. The third-order valence-corrected chi connectivity index (χ3v) is 3.33. The van der Waals surface area contributed by atoms with E-state index in [1.165, 1.54) is 0 Å². The van der Waals surface area contributed by atoms with Crippen molar-refractivity contribution in [1.82, 2.24) is 0 Å². The second kappa shape index (κ2) is 22.4. The number of amides is 1. The molecule has 0 saturated carbocycles. The molecule has 28 heavy (non-hydrogen) atoms. The molecule has 0 bridgehead atoms. The van der Waals surface area contributed by atoms with Gasteiger partial charge in [-0.05, 0) is 31.9 Å². The molecule has 6 heteroatoms. The zero-order valence-corrected chi connectivity index (χ0v) is 16.6. The molecule has 0 aromatic heterocycles. The summed E-state index contributed by atoms with van der Waals surface area (Å²) in [6.45, 7) is 16.1. The topological polar surface area (TPSA) is 80.0 Å². The fourth-order valence-corrected chi connectivity index (χ4v) is 2.22. The number of carbonyl (C=O) groups excluding carboxylic acids is 1. The summed E-state index contributed by atoms with van der Waals surface area (Å²) in [7, 11) is 0. The minimum absolute atomic E-state index is 0. The number of nitrogens with zero attached hydrogens (tertiary/aromatic N) is 1. The third-order valence-electron chi connectivity index (χ3n) is 3.33. The van der Waals surface area contributed by atoms with E-state index in [1.807, 2.05) is 78.6 Å². The molecule has 146 valence electrons. The van der Waals surface area contributed by atoms with Crippen molar-refractivity contribution < 1.29 is 35.8 Å². The van der Waals surface area contributed by atoms with Crippen LogP contribution in [-0.2, 0) is 35.8 Å². The van der Waals surface area contributed by atoms with Gasteiger partial charge in [-0.25, -0.2) is 0 Å². The Kier molecular flexibility index (Phi) is 24.1. The molecule has 0 N–H and O–H groups in total. The monoisotopic (exact) mass is 419 g/mol. The van der Waals surface area contributed by atoms with Crippen LogP contribution in [-0.4, -0.2) is 12.5 Å². The summed E-state index contributed by atoms with van der Waals surface area (Å²) in [6, 6.07) is 9.83. The maximum Gasteiger partial charge on any atom is 0 e. The van der Waals surface area contributed by atoms with Gasteiger partial charge in [0.05, 0.1) is 0 Å². The average Bonchev–Trinajstić information content (AvgIpc) is 2.79. The fraction of sp³-hybridized carbons (Fsp3) is 0.182. The molecule has 0 heterocycles. The van der Waals surface area contributed by atoms with Crippen molar-refractivity contribution in [3.8, 4) is 0 Å². The molecule has 1 aromatic carbocycles. The van der Waals surface area contributed by atoms with Crippen molar-refractivity contribution in [2.24, 2.45) is 0 Å². The Bertz CT molecular complexity index is 699. The summed E-state index contributed by atoms with van der Waals surface area (Å²) in [5.41, 5.74) is 1.81. The number of hydrogen-bond acceptors (Lipinski definition) is 1. The van der Waals surface area contributed by atoms with E-state index in [9.17, 15) is 4.79 Å². The minimum atomic E-state index is 0. The fourth-order valence-electron chi connectivity index (χ4n) is 2.22. The first-order valence-corrected chi connectivity index (χ1v) is 7.94. The van der Waals surface area contributed by atoms with E-state index < -0.39 is 0 Å². The van der Waals surface area contributed by atoms with Gasteiger partial charge in [0.1, 0.15) is 0 Å². The summed E-state index contributed by atoms with van der Waals surface area (Å²) in [6.07, 6.45) is 15.7. The van der Waals surface area contributed by atoms with Crippen molar-refractivity contribution in [2.45, 2.75) is 19.8 Å². The Labute approximate surface area is 177 Å². The second-order valence-electron chi connectivity index (χ2n) is 4.86. The van der Waals surface area contributed by atoms with Crippen molar-refractivity contribution >= 4 is 11.6 Å². The molecule has 0 radical (unpaired) electrons. The number of para-hydroxylation sites is 1. The summed E-state index contributed by atoms with van der Waals surface area (Å²) in [4.78, 5) is 14.6. The zero-order valence-electron chi connectivity index (χ0n) is 15.5. The van der Waals surface area contributed by atoms with Gasteiger partial charge in [-0.2, -0.15) is 0 Å². The summed E-state index contributed by atoms with van der Waals surface area (Å²) < 4.78 is 22.5. The summed E-state index contributed by atoms with van der Waals surface area (Å²) in [5.74, 6) is 0.0932. The predicted molar refractivity (Wildman–Crippen MR) is 101 cm³/mol. The molecular weight excluding hydrogens is 398 g/mol. The van der Waals surface area contributed by atoms with Crippen LogP contribution in [0.1, 0.15) is 19.8 Å². The van der Waals surface area contributed by atoms with Crippen LogP contribution in [0.25, 0.3) is 0 Å². The molecule has 1 aliphatic carbocycles. The van der Waals surface area contributed by atoms with Crippen molar-refractivity contribution in [3.63, 3.8) is 0 Å². The summed E-state index contributed by atoms with van der Waals surface area (Å²) in [5, 5.41) is 0. The van der Waals surface area contributed by atoms with Gasteiger partial charge in [-0.3, -0.25) is 4.79 Å². The molecule has 0 aliphatic heterocycles. The van der Waals surface area contributed by atoms with Gasteiger partial charge in [0, 0.05) is 34.9 Å². The third kappa shape index (κ3) is 11.9. The summed E-state index contributed by atoms with van der Waals surface area (Å²) >= 11 is 0. The number of hydrogen-bond donors (Lipinski definition) is 0. The van der Waals surface area contributed by atoms with E-state index in [2.05, 4.69) is 26.0 Å². The van der Waals surface area contributed by atoms with Crippen LogP contribution in [0.2, 0.25) is 0 Å². The molecule has 0 saturated heterocycles. The normalized spacial score (nSPS) is 11.2. The molecule has 0 fully saturated rings. The zero-order chi connectivity index (χ0) is 20.9. The molecule has 0 unspecified atom stereocenters. The Morgan fingerprint density at radius 3 is 2.18 bits per heavy atom. The van der Waals surface area contributed by atoms with Gasteiger partial charge in [0.25, 0.3) is 5.91 Å². The van der Waals surface area contributed by atoms with E-state index >= 15 is 0 Å². The van der Waals surface area contributed by atoms with Crippen LogP contribution < -0.4 is 4.90 Å². The van der Waals surface area contributed by atoms with Crippen LogP contribution in [0.4, 0.5) is 5.69 Å². The molecule has 1 amide bonds. The van der Waals surface area contributed by atoms with Crippen molar-refractivity contribution in [2.75, 3.05) is 11.4 Å². The molecule has 1 aromatic rings. The minimum Gasteiger partial charge on any atom is 0 e. The first-order chi connectivity index (χ1) is 13.3. The van der Waals surface area contributed by atoms with E-state index in [0.29, 0.717) is 6.54 Å². The molecular formula is C22H21FeNO4. The van der Waals surface area contributed by atoms with E-state index in [-0.39, 0.29) is 23.0 Å². The molecule has 0 atom stereocenters. The molecule has 2 rings (SSSR count). The molecule has 0 spiro atoms. The van der Waals surface area contributed by atoms with Crippen LogP contribution in [0.15, 0.2) is 78.4 Å². The van der Waals surface area contributed by atoms with Gasteiger partial charge >= 0.3 is 33.9 Å². The Morgan fingerprint density at radius 2 is 1.68 bits per heavy atom. The standard InChI is InChI=1S/C19H21NO.3CO.Fe/c1-2-3-4-11-16-20(18-14-9-6-10-15-18)19(21)17-12-7-5-8-13-17;3*1-2;/h2-7,9-12,14-15H,8,13,16H2,1H3;;;;/b3-2+,11-4+;;;;. The predicted octanol–water partition coefficient (Wildman–Crippen LogP) is 4.31. The van der Waals surface area contributed by atoms with E-state index in [1.54, 1.807) is 0 Å². The van der Waals surface area contributed by atoms with Gasteiger partial charge < -0.3 is 4.90 Å². The number of benzene rings is 1. The van der Waals surface area contributed by atoms with Crippen molar-refractivity contribution in [3.05, 3.63) is 98.4 Å². The quantitative estimate of drug-likeness (QED) is 0.303. The Balaban J connectivity index is -0.000000815. The smallest absolute Gasteiger partial charge is 0 e. The van der Waals surface area contributed by atoms with Crippen molar-refractivity contribution in [1.29, 1.82) is 0 Å². The second-order valence-corrected chi connectivity index (χ2v) is 4.86. The average molecular weight is 419 g/mol. The molecule has 5 nitrogen and oxygen atoms in total. The van der Waals surface area contributed by atoms with Gasteiger partial charge in [0.2, 0.25) is 0 Å². The maximum atomic E-state index is 12.7. The van der Waals surface area contributed by atoms with Crippen LogP contribution in [0.3, 0.4) is 0 Å². The number of rotatable bonds is 5. The first-order valence-electron chi connectivity index (χ1n) is 7.94. The van der Waals surface area contributed by atoms with Gasteiger partial charge in [-0.1, -0.05) is 60.7 Å². The number of carbonyl (C=O) groups is 1. The SMILES string of the molecule is C/C=C/C=C/CN(C(=O)C1=CC=CCC1)c1ccccc1.[C-]#[O+].[C-]#[O+].[C-]#[O+].[Fe]. The largest absolute Gasteiger partial charge is 0 e. The Hall–Kier alpha value is -2.61. The Morgan fingerprint density at radius 1 is 1.07 bits per heavy atom. The van der Waals surface area contributed by atoms with E-state index in [0.717, 1.165) is 24.1 Å². The van der Waals surface area contributed by atoms with Crippen LogP contribution >= 0.6 is 0 Å². The number of allylic oxidation sites excluding steroid dienone is 6. The van der Waals surface area contributed by atoms with Crippen LogP contribution in [0.5, 0.6) is 0 Å². The molecule has 1 aliphatic rings. The van der Waals surface area contributed by atoms with Gasteiger partial charge in [-0.15, -0.1) is 0 Å². The van der Waals surface area contributed by atoms with Crippen LogP contribution in [0, 0.1) is 20.0 Å². The first kappa shape index (κ1) is 30.1. The van der Waals surface area contributed by atoms with Gasteiger partial charge in [0.15, 0.2) is 0 Å².